The van der Waals surface area contributed by atoms with Gasteiger partial charge in [0.05, 0.1) is 6.10 Å². The Balaban J connectivity index is 1.23. The van der Waals surface area contributed by atoms with Gasteiger partial charge >= 0.3 is 0 Å². The van der Waals surface area contributed by atoms with Gasteiger partial charge < -0.3 is 20.4 Å². The van der Waals surface area contributed by atoms with Crippen LogP contribution in [0.2, 0.25) is 0 Å². The van der Waals surface area contributed by atoms with Crippen molar-refractivity contribution in [3.05, 3.63) is 110 Å². The summed E-state index contributed by atoms with van der Waals surface area (Å²) in [5.74, 6) is 2.71. The second kappa shape index (κ2) is 14.4. The van der Waals surface area contributed by atoms with Crippen molar-refractivity contribution < 1.29 is 20.4 Å². The molecule has 4 heteroatoms. The van der Waals surface area contributed by atoms with Crippen molar-refractivity contribution in [3.8, 4) is 17.2 Å². The molecule has 0 unspecified atom stereocenters. The molecule has 0 radical (unpaired) electrons. The van der Waals surface area contributed by atoms with Gasteiger partial charge in [-0.1, -0.05) is 99.9 Å². The second-order valence-corrected chi connectivity index (χ2v) is 17.7. The molecule has 4 N–H and O–H groups in total. The minimum atomic E-state index is -0.695. The summed E-state index contributed by atoms with van der Waals surface area (Å²) in [5.41, 5.74) is 11.5. The molecule has 0 saturated heterocycles. The third-order valence-corrected chi connectivity index (χ3v) is 14.3. The molecule has 4 saturated carbocycles. The molecule has 9 rings (SSSR count). The third-order valence-electron chi connectivity index (χ3n) is 14.3. The van der Waals surface area contributed by atoms with Crippen LogP contribution in [0.4, 0.5) is 0 Å². The first-order chi connectivity index (χ1) is 25.4. The van der Waals surface area contributed by atoms with E-state index in [9.17, 15) is 20.4 Å². The Morgan fingerprint density at radius 2 is 0.769 bits per heavy atom. The summed E-state index contributed by atoms with van der Waals surface area (Å²) in [6.45, 7) is 0. The smallest absolute Gasteiger partial charge is 0.122 e. The van der Waals surface area contributed by atoms with Crippen LogP contribution in [0.5, 0.6) is 17.2 Å². The number of aliphatic hydroxyl groups excluding tert-OH is 1. The zero-order chi connectivity index (χ0) is 35.3. The van der Waals surface area contributed by atoms with E-state index in [2.05, 4.69) is 48.6 Å². The number of hydrogen-bond donors (Lipinski definition) is 4. The second-order valence-electron chi connectivity index (χ2n) is 17.7. The van der Waals surface area contributed by atoms with Gasteiger partial charge in [0.2, 0.25) is 0 Å². The first-order valence-electron chi connectivity index (χ1n) is 21.0. The van der Waals surface area contributed by atoms with Crippen LogP contribution in [0.3, 0.4) is 0 Å². The average molecular weight is 699 g/mol. The monoisotopic (exact) mass is 698 g/mol. The normalized spacial score (nSPS) is 24.8. The van der Waals surface area contributed by atoms with Crippen LogP contribution in [-0.2, 0) is 25.7 Å². The molecular formula is C48H58O4. The maximum atomic E-state index is 12.2. The molecule has 4 fully saturated rings. The van der Waals surface area contributed by atoms with E-state index >= 15 is 0 Å². The van der Waals surface area contributed by atoms with Crippen LogP contribution in [0.25, 0.3) is 0 Å². The van der Waals surface area contributed by atoms with E-state index in [1.807, 2.05) is 0 Å². The van der Waals surface area contributed by atoms with E-state index in [4.69, 9.17) is 0 Å². The lowest BCUT2D eigenvalue weighted by atomic mass is 9.77. The summed E-state index contributed by atoms with van der Waals surface area (Å²) < 4.78 is 0. The number of allylic oxidation sites excluding steroid dienone is 2. The predicted octanol–water partition coefficient (Wildman–Crippen LogP) is 11.1. The van der Waals surface area contributed by atoms with Crippen LogP contribution in [0.1, 0.15) is 171 Å². The molecule has 0 amide bonds. The lowest BCUT2D eigenvalue weighted by Crippen LogP contribution is -2.28. The summed E-state index contributed by atoms with van der Waals surface area (Å²) in [4.78, 5) is 0. The van der Waals surface area contributed by atoms with E-state index in [1.165, 1.54) is 112 Å². The molecule has 0 aliphatic heterocycles. The largest absolute Gasteiger partial charge is 0.507 e. The highest BCUT2D eigenvalue weighted by Crippen LogP contribution is 2.46. The maximum Gasteiger partial charge on any atom is 0.122 e. The summed E-state index contributed by atoms with van der Waals surface area (Å²) >= 11 is 0. The molecule has 8 bridgehead atoms. The molecule has 0 aromatic heterocycles. The van der Waals surface area contributed by atoms with Gasteiger partial charge in [0.15, 0.2) is 0 Å². The SMILES string of the molecule is Oc1c2cc(C3CCCC3)cc1Cc1cc(C3CCCC3)cc(c1O)Cc1cc(C3CCCC3)cc(c1O)C[C@H]1C=C(C3CCCC3)C=C(C2)[C@@H]1O. The zero-order valence-corrected chi connectivity index (χ0v) is 31.0. The molecule has 3 aromatic carbocycles. The van der Waals surface area contributed by atoms with Gasteiger partial charge in [0.1, 0.15) is 17.2 Å². The van der Waals surface area contributed by atoms with E-state index < -0.39 is 6.10 Å². The Morgan fingerprint density at radius 3 is 1.19 bits per heavy atom. The molecule has 6 aliphatic rings. The minimum Gasteiger partial charge on any atom is -0.507 e. The van der Waals surface area contributed by atoms with Gasteiger partial charge in [0.25, 0.3) is 0 Å². The molecule has 4 nitrogen and oxygen atoms in total. The lowest BCUT2D eigenvalue weighted by molar-refractivity contribution is 0.158. The number of phenolic OH excluding ortho intramolecular Hbond substituents is 3. The topological polar surface area (TPSA) is 80.9 Å². The van der Waals surface area contributed by atoms with Gasteiger partial charge in [-0.25, -0.2) is 0 Å². The summed E-state index contributed by atoms with van der Waals surface area (Å²) in [5, 5.41) is 48.6. The molecule has 3 aromatic rings. The van der Waals surface area contributed by atoms with Gasteiger partial charge in [0, 0.05) is 18.8 Å². The van der Waals surface area contributed by atoms with Crippen molar-refractivity contribution in [2.24, 2.45) is 11.8 Å². The zero-order valence-electron chi connectivity index (χ0n) is 31.0. The number of aliphatic hydroxyl groups is 1. The Bertz CT molecular complexity index is 1870. The van der Waals surface area contributed by atoms with E-state index in [0.29, 0.717) is 66.6 Å². The highest BCUT2D eigenvalue weighted by molar-refractivity contribution is 5.56. The number of fused-ring (bicyclic) bond motifs is 8. The van der Waals surface area contributed by atoms with Crippen molar-refractivity contribution in [3.63, 3.8) is 0 Å². The third kappa shape index (κ3) is 6.63. The van der Waals surface area contributed by atoms with Crippen molar-refractivity contribution in [1.29, 1.82) is 0 Å². The van der Waals surface area contributed by atoms with Crippen molar-refractivity contribution >= 4 is 0 Å². The Hall–Kier alpha value is -3.50. The molecule has 274 valence electrons. The standard InChI is InChI=1S/C48H58O4/c49-45-37-17-33(29-9-1-2-10-29)18-38(45)26-40-20-35(31-13-5-6-14-31)22-42(47(40)51)28-44-24-36(32-15-7-8-16-32)23-43(48(44)52)27-41-21-34(30-11-3-4-12-30)19-39(25-37)46(41)50/h17-24,29-32,37,45,49-52H,1-16,25-28H2/t37-,45-/m1/s1. The Labute approximate surface area is 310 Å². The summed E-state index contributed by atoms with van der Waals surface area (Å²) in [7, 11) is 0. The van der Waals surface area contributed by atoms with Crippen molar-refractivity contribution in [1.82, 2.24) is 0 Å². The minimum absolute atomic E-state index is 0.161. The maximum absolute atomic E-state index is 12.2. The number of aromatic hydroxyl groups is 3. The van der Waals surface area contributed by atoms with Crippen LogP contribution < -0.4 is 0 Å². The van der Waals surface area contributed by atoms with Gasteiger partial charge in [-0.15, -0.1) is 0 Å². The molecule has 52 heavy (non-hydrogen) atoms. The fourth-order valence-electron chi connectivity index (χ4n) is 11.4. The first-order valence-corrected chi connectivity index (χ1v) is 21.0. The van der Waals surface area contributed by atoms with Gasteiger partial charge in [-0.2, -0.15) is 0 Å². The predicted molar refractivity (Wildman–Crippen MR) is 209 cm³/mol. The number of rotatable bonds is 4. The average Bonchev–Trinajstić information content (AvgIpc) is 3.99. The van der Waals surface area contributed by atoms with E-state index in [1.54, 1.807) is 0 Å². The lowest BCUT2D eigenvalue weighted by Gasteiger charge is -2.31. The van der Waals surface area contributed by atoms with Crippen molar-refractivity contribution in [2.45, 2.75) is 152 Å². The molecular weight excluding hydrogens is 641 g/mol. The Morgan fingerprint density at radius 1 is 0.423 bits per heavy atom. The number of phenols is 3. The molecule has 0 heterocycles. The summed E-state index contributed by atoms with van der Waals surface area (Å²) in [6, 6.07) is 13.4. The highest BCUT2D eigenvalue weighted by atomic mass is 16.3. The molecule has 0 spiro atoms. The fourth-order valence-corrected chi connectivity index (χ4v) is 11.4. The van der Waals surface area contributed by atoms with Crippen LogP contribution in [-0.4, -0.2) is 26.5 Å². The van der Waals surface area contributed by atoms with Crippen LogP contribution in [0, 0.1) is 11.8 Å². The van der Waals surface area contributed by atoms with Gasteiger partial charge in [-0.05, 0) is 149 Å². The van der Waals surface area contributed by atoms with E-state index in [0.717, 1.165) is 51.8 Å². The quantitative estimate of drug-likeness (QED) is 0.219. The molecule has 2 atom stereocenters. The summed E-state index contributed by atoms with van der Waals surface area (Å²) in [6.07, 6.45) is 25.2. The number of benzene rings is 3. The van der Waals surface area contributed by atoms with E-state index in [-0.39, 0.29) is 5.92 Å². The number of hydrogen-bond acceptors (Lipinski definition) is 4. The van der Waals surface area contributed by atoms with Crippen LogP contribution >= 0.6 is 0 Å². The Kier molecular flexibility index (Phi) is 9.48. The van der Waals surface area contributed by atoms with Crippen LogP contribution in [0.15, 0.2) is 59.7 Å². The van der Waals surface area contributed by atoms with Crippen molar-refractivity contribution in [2.75, 3.05) is 0 Å². The fraction of sp³-hybridized carbons (Fsp3) is 0.542. The molecule has 6 aliphatic carbocycles. The van der Waals surface area contributed by atoms with Gasteiger partial charge in [-0.3, -0.25) is 0 Å². The highest BCUT2D eigenvalue weighted by Gasteiger charge is 2.33. The first kappa shape index (κ1) is 34.3.